The first kappa shape index (κ1) is 20.6. The van der Waals surface area contributed by atoms with Gasteiger partial charge in [-0.3, -0.25) is 4.99 Å². The van der Waals surface area contributed by atoms with Gasteiger partial charge in [0.2, 0.25) is 0 Å². The molecule has 154 valence electrons. The lowest BCUT2D eigenvalue weighted by Crippen LogP contribution is -2.26. The van der Waals surface area contributed by atoms with Crippen LogP contribution in [0.4, 0.5) is 5.69 Å². The summed E-state index contributed by atoms with van der Waals surface area (Å²) in [4.78, 5) is 4.51. The van der Waals surface area contributed by atoms with E-state index in [1.807, 2.05) is 66.7 Å². The number of phenols is 1. The van der Waals surface area contributed by atoms with E-state index in [4.69, 9.17) is 4.74 Å². The quantitative estimate of drug-likeness (QED) is 0.356. The fourth-order valence-electron chi connectivity index (χ4n) is 3.45. The first-order chi connectivity index (χ1) is 15.1. The van der Waals surface area contributed by atoms with Gasteiger partial charge in [0.15, 0.2) is 7.14 Å². The van der Waals surface area contributed by atoms with Crippen molar-refractivity contribution in [2.24, 2.45) is 4.99 Å². The molecule has 0 spiro atoms. The lowest BCUT2D eigenvalue weighted by molar-refractivity contribution is 0.418. The lowest BCUT2D eigenvalue weighted by atomic mass is 10.2. The summed E-state index contributed by atoms with van der Waals surface area (Å²) in [5.74, 6) is 0.691. The molecule has 0 atom stereocenters. The summed E-state index contributed by atoms with van der Waals surface area (Å²) in [6, 6.07) is 31.2. The van der Waals surface area contributed by atoms with Gasteiger partial charge in [-0.05, 0) is 30.3 Å². The average molecular weight is 427 g/mol. The van der Waals surface area contributed by atoms with Gasteiger partial charge in [-0.2, -0.15) is 0 Å². The predicted molar refractivity (Wildman–Crippen MR) is 128 cm³/mol. The number of methoxy groups -OCH3 is 1. The zero-order valence-electron chi connectivity index (χ0n) is 17.1. The number of hydrogen-bond acceptors (Lipinski definition) is 4. The molecule has 4 aromatic carbocycles. The summed E-state index contributed by atoms with van der Waals surface area (Å²) in [5, 5.41) is 12.0. The van der Waals surface area contributed by atoms with Crippen LogP contribution in [0, 0.1) is 0 Å². The molecule has 4 aromatic rings. The smallest absolute Gasteiger partial charge is 0.174 e. The first-order valence-corrected chi connectivity index (χ1v) is 11.6. The standard InChI is InChI=1S/C26H22NO3P/c1-30-25-17-16-21(27-19-20-10-8-9-15-24(20)28)18-26(25)31(29,22-11-4-2-5-12-22)23-13-6-3-7-14-23/h2-19,28H,1H3. The molecule has 0 saturated heterocycles. The Kier molecular flexibility index (Phi) is 6.01. The molecule has 0 unspecified atom stereocenters. The molecule has 5 heteroatoms. The highest BCUT2D eigenvalue weighted by atomic mass is 31.2. The van der Waals surface area contributed by atoms with E-state index < -0.39 is 7.14 Å². The van der Waals surface area contributed by atoms with Gasteiger partial charge in [-0.15, -0.1) is 0 Å². The van der Waals surface area contributed by atoms with Crippen LogP contribution in [0.5, 0.6) is 11.5 Å². The van der Waals surface area contributed by atoms with Gasteiger partial charge < -0.3 is 14.4 Å². The Morgan fingerprint density at radius 2 is 1.39 bits per heavy atom. The van der Waals surface area contributed by atoms with Crippen molar-refractivity contribution in [2.75, 3.05) is 7.11 Å². The second-order valence-electron chi connectivity index (χ2n) is 6.95. The minimum Gasteiger partial charge on any atom is -0.507 e. The molecule has 0 aromatic heterocycles. The van der Waals surface area contributed by atoms with Crippen LogP contribution in [0.25, 0.3) is 0 Å². The molecule has 4 nitrogen and oxygen atoms in total. The van der Waals surface area contributed by atoms with Gasteiger partial charge in [-0.1, -0.05) is 72.8 Å². The fourth-order valence-corrected chi connectivity index (χ4v) is 6.28. The van der Waals surface area contributed by atoms with E-state index >= 15 is 0 Å². The molecule has 31 heavy (non-hydrogen) atoms. The van der Waals surface area contributed by atoms with Crippen LogP contribution < -0.4 is 20.7 Å². The van der Waals surface area contributed by atoms with Crippen molar-refractivity contribution in [3.63, 3.8) is 0 Å². The third-order valence-corrected chi connectivity index (χ3v) is 8.11. The van der Waals surface area contributed by atoms with Crippen LogP contribution >= 0.6 is 7.14 Å². The van der Waals surface area contributed by atoms with Gasteiger partial charge in [0.05, 0.1) is 18.1 Å². The largest absolute Gasteiger partial charge is 0.507 e. The average Bonchev–Trinajstić information content (AvgIpc) is 2.84. The topological polar surface area (TPSA) is 58.9 Å². The number of aliphatic imine (C=N–C) groups is 1. The maximum atomic E-state index is 14.7. The second-order valence-corrected chi connectivity index (χ2v) is 9.69. The molecule has 0 aliphatic heterocycles. The molecule has 0 saturated carbocycles. The Morgan fingerprint density at radius 1 is 0.806 bits per heavy atom. The van der Waals surface area contributed by atoms with Crippen molar-refractivity contribution >= 4 is 35.0 Å². The van der Waals surface area contributed by atoms with Crippen LogP contribution in [-0.4, -0.2) is 18.4 Å². The summed E-state index contributed by atoms with van der Waals surface area (Å²) in [5.41, 5.74) is 1.22. The van der Waals surface area contributed by atoms with E-state index in [1.54, 1.807) is 49.7 Å². The van der Waals surface area contributed by atoms with E-state index in [2.05, 4.69) is 4.99 Å². The molecule has 0 amide bonds. The first-order valence-electron chi connectivity index (χ1n) is 9.85. The Bertz CT molecular complexity index is 1210. The highest BCUT2D eigenvalue weighted by Gasteiger charge is 2.32. The van der Waals surface area contributed by atoms with Crippen LogP contribution in [0.15, 0.2) is 108 Å². The molecule has 0 heterocycles. The van der Waals surface area contributed by atoms with Gasteiger partial charge in [0.25, 0.3) is 0 Å². The molecule has 0 bridgehead atoms. The van der Waals surface area contributed by atoms with Crippen molar-refractivity contribution in [3.8, 4) is 11.5 Å². The van der Waals surface area contributed by atoms with Gasteiger partial charge in [0.1, 0.15) is 11.5 Å². The molecule has 4 rings (SSSR count). The highest BCUT2D eigenvalue weighted by Crippen LogP contribution is 2.45. The highest BCUT2D eigenvalue weighted by molar-refractivity contribution is 7.85. The van der Waals surface area contributed by atoms with Crippen LogP contribution in [0.3, 0.4) is 0 Å². The fraction of sp³-hybridized carbons (Fsp3) is 0.0385. The number of aromatic hydroxyl groups is 1. The Labute approximate surface area is 181 Å². The molecule has 0 aliphatic carbocycles. The van der Waals surface area contributed by atoms with Gasteiger partial charge in [-0.25, -0.2) is 0 Å². The van der Waals surface area contributed by atoms with E-state index in [9.17, 15) is 9.67 Å². The van der Waals surface area contributed by atoms with Gasteiger partial charge in [0, 0.05) is 22.4 Å². The van der Waals surface area contributed by atoms with Crippen LogP contribution in [0.2, 0.25) is 0 Å². The second kappa shape index (κ2) is 9.03. The number of para-hydroxylation sites is 1. The number of rotatable bonds is 6. The maximum Gasteiger partial charge on any atom is 0.174 e. The van der Waals surface area contributed by atoms with Gasteiger partial charge >= 0.3 is 0 Å². The van der Waals surface area contributed by atoms with Crippen molar-refractivity contribution in [1.82, 2.24) is 0 Å². The molecule has 0 fully saturated rings. The molecule has 1 N–H and O–H groups in total. The summed E-state index contributed by atoms with van der Waals surface area (Å²) in [6.07, 6.45) is 1.59. The molecule has 0 aliphatic rings. The minimum atomic E-state index is -3.21. The normalized spacial score (nSPS) is 11.5. The summed E-state index contributed by atoms with van der Waals surface area (Å²) in [6.45, 7) is 0. The zero-order valence-corrected chi connectivity index (χ0v) is 17.9. The Balaban J connectivity index is 1.88. The Hall–Kier alpha value is -3.62. The van der Waals surface area contributed by atoms with Crippen molar-refractivity contribution < 1.29 is 14.4 Å². The number of hydrogen-bond donors (Lipinski definition) is 1. The van der Waals surface area contributed by atoms with E-state index in [-0.39, 0.29) is 5.75 Å². The van der Waals surface area contributed by atoms with Crippen molar-refractivity contribution in [2.45, 2.75) is 0 Å². The number of phenolic OH excluding ortho intramolecular Hbond substituents is 1. The van der Waals surface area contributed by atoms with Crippen LogP contribution in [0.1, 0.15) is 5.56 Å². The van der Waals surface area contributed by atoms with Crippen molar-refractivity contribution in [3.05, 3.63) is 109 Å². The molecular weight excluding hydrogens is 405 g/mol. The summed E-state index contributed by atoms with van der Waals surface area (Å²) < 4.78 is 20.3. The van der Waals surface area contributed by atoms with Crippen molar-refractivity contribution in [1.29, 1.82) is 0 Å². The Morgan fingerprint density at radius 3 is 1.97 bits per heavy atom. The number of nitrogens with zero attached hydrogens (tertiary/aromatic N) is 1. The molecule has 0 radical (unpaired) electrons. The number of ether oxygens (including phenoxy) is 1. The minimum absolute atomic E-state index is 0.152. The monoisotopic (exact) mass is 427 g/mol. The third-order valence-electron chi connectivity index (χ3n) is 5.03. The summed E-state index contributed by atoms with van der Waals surface area (Å²) in [7, 11) is -1.64. The predicted octanol–water partition coefficient (Wildman–Crippen LogP) is 4.79. The lowest BCUT2D eigenvalue weighted by Gasteiger charge is -2.22. The van der Waals surface area contributed by atoms with Crippen LogP contribution in [-0.2, 0) is 4.57 Å². The van der Waals surface area contributed by atoms with E-state index in [0.717, 1.165) is 10.6 Å². The maximum absolute atomic E-state index is 14.7. The zero-order chi connectivity index (χ0) is 21.7. The SMILES string of the molecule is COc1ccc(N=Cc2ccccc2O)cc1P(=O)(c1ccccc1)c1ccccc1. The summed E-state index contributed by atoms with van der Waals surface area (Å²) >= 11 is 0. The van der Waals surface area contributed by atoms with E-state index in [1.165, 1.54) is 0 Å². The van der Waals surface area contributed by atoms with E-state index in [0.29, 0.717) is 22.3 Å². The third kappa shape index (κ3) is 4.16. The number of benzene rings is 4. The molecular formula is C26H22NO3P.